The lowest BCUT2D eigenvalue weighted by atomic mass is 10.1. The van der Waals surface area contributed by atoms with Crippen LogP contribution in [0.25, 0.3) is 0 Å². The van der Waals surface area contributed by atoms with E-state index >= 15 is 0 Å². The Morgan fingerprint density at radius 1 is 1.29 bits per heavy atom. The highest BCUT2D eigenvalue weighted by Crippen LogP contribution is 2.36. The lowest BCUT2D eigenvalue weighted by Gasteiger charge is -2.23. The Morgan fingerprint density at radius 2 is 1.95 bits per heavy atom. The number of hydrogen-bond acceptors (Lipinski definition) is 3. The van der Waals surface area contributed by atoms with Crippen molar-refractivity contribution in [2.24, 2.45) is 0 Å². The van der Waals surface area contributed by atoms with Crippen molar-refractivity contribution in [2.45, 2.75) is 29.3 Å². The van der Waals surface area contributed by atoms with Crippen molar-refractivity contribution in [3.8, 4) is 0 Å². The van der Waals surface area contributed by atoms with Crippen LogP contribution >= 0.6 is 24.2 Å². The van der Waals surface area contributed by atoms with Gasteiger partial charge in [0.25, 0.3) is 5.91 Å². The van der Waals surface area contributed by atoms with Crippen LogP contribution in [0.5, 0.6) is 0 Å². The number of nitrogens with one attached hydrogen (secondary N) is 2. The van der Waals surface area contributed by atoms with Crippen molar-refractivity contribution < 1.29 is 18.0 Å². The smallest absolute Gasteiger partial charge is 0.348 e. The van der Waals surface area contributed by atoms with Crippen LogP contribution in [0, 0.1) is 0 Å². The summed E-state index contributed by atoms with van der Waals surface area (Å²) in [6.45, 7) is 1.68. The zero-order valence-corrected chi connectivity index (χ0v) is 12.7. The summed E-state index contributed by atoms with van der Waals surface area (Å²) in [6.07, 6.45) is 1.92. The minimum atomic E-state index is -4.31. The van der Waals surface area contributed by atoms with Crippen LogP contribution < -0.4 is 10.6 Å². The van der Waals surface area contributed by atoms with E-state index in [1.807, 2.05) is 0 Å². The molecule has 0 spiro atoms. The van der Waals surface area contributed by atoms with Gasteiger partial charge in [-0.25, -0.2) is 0 Å². The molecule has 2 N–H and O–H groups in total. The molecule has 1 atom stereocenters. The van der Waals surface area contributed by atoms with Crippen molar-refractivity contribution >= 4 is 30.1 Å². The Bertz CT molecular complexity index is 461. The molecular formula is C13H16ClF3N2OS. The number of hydrogen-bond donors (Lipinski definition) is 2. The number of rotatable bonds is 3. The van der Waals surface area contributed by atoms with E-state index in [2.05, 4.69) is 10.6 Å². The average molecular weight is 341 g/mol. The second-order valence-electron chi connectivity index (χ2n) is 4.59. The van der Waals surface area contributed by atoms with Crippen LogP contribution in [0.15, 0.2) is 29.2 Å². The molecule has 0 radical (unpaired) electrons. The molecule has 8 heteroatoms. The minimum absolute atomic E-state index is 0. The summed E-state index contributed by atoms with van der Waals surface area (Å²) in [7, 11) is 0. The number of carbonyl (C=O) groups excluding carboxylic acids is 1. The number of piperidine rings is 1. The van der Waals surface area contributed by atoms with Gasteiger partial charge in [-0.3, -0.25) is 4.79 Å². The molecule has 1 saturated heterocycles. The van der Waals surface area contributed by atoms with Crippen LogP contribution in [0.2, 0.25) is 0 Å². The van der Waals surface area contributed by atoms with Gasteiger partial charge in [0.1, 0.15) is 0 Å². The van der Waals surface area contributed by atoms with Crippen LogP contribution in [-0.2, 0) is 0 Å². The molecule has 1 amide bonds. The maximum absolute atomic E-state index is 12.2. The molecule has 1 heterocycles. The predicted molar refractivity (Wildman–Crippen MR) is 79.0 cm³/mol. The Hall–Kier alpha value is -0.920. The molecule has 1 aliphatic heterocycles. The summed E-state index contributed by atoms with van der Waals surface area (Å²) < 4.78 is 36.6. The maximum Gasteiger partial charge on any atom is 0.446 e. The molecule has 0 aromatic heterocycles. The molecule has 1 aliphatic rings. The average Bonchev–Trinajstić information content (AvgIpc) is 2.39. The zero-order valence-electron chi connectivity index (χ0n) is 11.1. The van der Waals surface area contributed by atoms with Crippen molar-refractivity contribution in [1.29, 1.82) is 0 Å². The maximum atomic E-state index is 12.2. The van der Waals surface area contributed by atoms with Crippen LogP contribution in [0.1, 0.15) is 23.2 Å². The second kappa shape index (κ2) is 7.91. The third-order valence-electron chi connectivity index (χ3n) is 2.98. The first kappa shape index (κ1) is 18.1. The Kier molecular flexibility index (Phi) is 6.83. The molecule has 2 rings (SSSR count). The van der Waals surface area contributed by atoms with E-state index in [9.17, 15) is 18.0 Å². The van der Waals surface area contributed by atoms with Crippen LogP contribution in [0.3, 0.4) is 0 Å². The monoisotopic (exact) mass is 340 g/mol. The van der Waals surface area contributed by atoms with Gasteiger partial charge in [0.2, 0.25) is 0 Å². The van der Waals surface area contributed by atoms with Crippen molar-refractivity contribution in [2.75, 3.05) is 13.1 Å². The molecule has 118 valence electrons. The molecule has 1 aromatic carbocycles. The molecule has 21 heavy (non-hydrogen) atoms. The first-order valence-corrected chi connectivity index (χ1v) is 7.13. The highest BCUT2D eigenvalue weighted by molar-refractivity contribution is 8.00. The SMILES string of the molecule is Cl.O=C(N[C@H]1CCCNC1)c1ccc(SC(F)(F)F)cc1. The minimum Gasteiger partial charge on any atom is -0.348 e. The number of thioether (sulfide) groups is 1. The largest absolute Gasteiger partial charge is 0.446 e. The highest BCUT2D eigenvalue weighted by atomic mass is 35.5. The Balaban J connectivity index is 0.00000220. The third kappa shape index (κ3) is 6.15. The summed E-state index contributed by atoms with van der Waals surface area (Å²) in [5.41, 5.74) is -3.93. The number of halogens is 4. The van der Waals surface area contributed by atoms with E-state index in [-0.39, 0.29) is 41.0 Å². The van der Waals surface area contributed by atoms with E-state index in [1.165, 1.54) is 24.3 Å². The van der Waals surface area contributed by atoms with E-state index in [4.69, 9.17) is 0 Å². The molecule has 3 nitrogen and oxygen atoms in total. The lowest BCUT2D eigenvalue weighted by molar-refractivity contribution is -0.0328. The second-order valence-corrected chi connectivity index (χ2v) is 5.73. The van der Waals surface area contributed by atoms with Gasteiger partial charge < -0.3 is 10.6 Å². The number of benzene rings is 1. The fourth-order valence-electron chi connectivity index (χ4n) is 2.05. The molecule has 0 bridgehead atoms. The van der Waals surface area contributed by atoms with E-state index < -0.39 is 5.51 Å². The lowest BCUT2D eigenvalue weighted by Crippen LogP contribution is -2.45. The van der Waals surface area contributed by atoms with Crippen molar-refractivity contribution in [3.05, 3.63) is 29.8 Å². The van der Waals surface area contributed by atoms with E-state index in [1.54, 1.807) is 0 Å². The van der Waals surface area contributed by atoms with Gasteiger partial charge in [0.15, 0.2) is 0 Å². The summed E-state index contributed by atoms with van der Waals surface area (Å²) in [6, 6.07) is 5.54. The van der Waals surface area contributed by atoms with E-state index in [0.29, 0.717) is 5.56 Å². The normalized spacial score (nSPS) is 18.7. The van der Waals surface area contributed by atoms with Gasteiger partial charge in [0.05, 0.1) is 0 Å². The topological polar surface area (TPSA) is 41.1 Å². The third-order valence-corrected chi connectivity index (χ3v) is 3.72. The van der Waals surface area contributed by atoms with Gasteiger partial charge >= 0.3 is 5.51 Å². The van der Waals surface area contributed by atoms with Crippen LogP contribution in [0.4, 0.5) is 13.2 Å². The van der Waals surface area contributed by atoms with Gasteiger partial charge in [-0.2, -0.15) is 13.2 Å². The zero-order chi connectivity index (χ0) is 14.6. The highest BCUT2D eigenvalue weighted by Gasteiger charge is 2.29. The summed E-state index contributed by atoms with van der Waals surface area (Å²) in [5.74, 6) is -0.248. The van der Waals surface area contributed by atoms with Gasteiger partial charge in [-0.15, -0.1) is 12.4 Å². The quantitative estimate of drug-likeness (QED) is 0.830. The molecule has 1 aromatic rings. The molecule has 0 unspecified atom stereocenters. The Morgan fingerprint density at radius 3 is 2.48 bits per heavy atom. The molecule has 1 fully saturated rings. The Labute approximate surface area is 131 Å². The first-order chi connectivity index (χ1) is 9.44. The fraction of sp³-hybridized carbons (Fsp3) is 0.462. The first-order valence-electron chi connectivity index (χ1n) is 6.31. The summed E-state index contributed by atoms with van der Waals surface area (Å²) >= 11 is -0.185. The molecular weight excluding hydrogens is 325 g/mol. The molecule has 0 saturated carbocycles. The van der Waals surface area contributed by atoms with Gasteiger partial charge in [-0.1, -0.05) is 0 Å². The fourth-order valence-corrected chi connectivity index (χ4v) is 2.59. The summed E-state index contributed by atoms with van der Waals surface area (Å²) in [4.78, 5) is 12.0. The number of amides is 1. The van der Waals surface area contributed by atoms with Gasteiger partial charge in [-0.05, 0) is 55.4 Å². The molecule has 0 aliphatic carbocycles. The summed E-state index contributed by atoms with van der Waals surface area (Å²) in [5, 5.41) is 6.06. The standard InChI is InChI=1S/C13H15F3N2OS.ClH/c14-13(15,16)20-11-5-3-9(4-6-11)12(19)18-10-2-1-7-17-8-10;/h3-6,10,17H,1-2,7-8H2,(H,18,19);1H/t10-;/m0./s1. The number of carbonyl (C=O) groups is 1. The van der Waals surface area contributed by atoms with Crippen LogP contribution in [-0.4, -0.2) is 30.5 Å². The van der Waals surface area contributed by atoms with E-state index in [0.717, 1.165) is 25.9 Å². The van der Waals surface area contributed by atoms with Gasteiger partial charge in [0, 0.05) is 23.0 Å². The predicted octanol–water partition coefficient (Wildman–Crippen LogP) is 3.20. The van der Waals surface area contributed by atoms with Crippen molar-refractivity contribution in [3.63, 3.8) is 0 Å². The number of alkyl halides is 3. The van der Waals surface area contributed by atoms with Crippen molar-refractivity contribution in [1.82, 2.24) is 10.6 Å².